The summed E-state index contributed by atoms with van der Waals surface area (Å²) in [4.78, 5) is 48.4. The average Bonchev–Trinajstić information content (AvgIpc) is 3.63. The molecule has 4 rings (SSSR count). The fraction of sp³-hybridized carbons (Fsp3) is 0.618. The predicted molar refractivity (Wildman–Crippen MR) is 163 cm³/mol. The Labute approximate surface area is 251 Å². The number of carbonyl (C=O) groups is 3. The van der Waals surface area contributed by atoms with Gasteiger partial charge in [0.2, 0.25) is 17.7 Å². The van der Waals surface area contributed by atoms with Gasteiger partial charge >= 0.3 is 0 Å². The minimum Gasteiger partial charge on any atom is -0.396 e. The van der Waals surface area contributed by atoms with E-state index in [0.29, 0.717) is 45.4 Å². The molecule has 3 saturated heterocycles. The van der Waals surface area contributed by atoms with Gasteiger partial charge in [0.15, 0.2) is 0 Å². The summed E-state index contributed by atoms with van der Waals surface area (Å²) in [5.74, 6) is -1.68. The predicted octanol–water partition coefficient (Wildman–Crippen LogP) is 4.33. The van der Waals surface area contributed by atoms with Gasteiger partial charge in [-0.2, -0.15) is 0 Å². The van der Waals surface area contributed by atoms with Crippen LogP contribution in [0, 0.1) is 11.8 Å². The van der Waals surface area contributed by atoms with Crippen molar-refractivity contribution in [1.82, 2.24) is 14.7 Å². The SMILES string of the molecule is C=CCN(Cc1ccccc1)C(=O)[C@@H]1[C@@H]2CCC3(O2)C(C(=O)N(CC=C)C(C)CCC)N(CCCCCCO)C(=O)[C@H]13. The Morgan fingerprint density at radius 1 is 1.12 bits per heavy atom. The van der Waals surface area contributed by atoms with E-state index in [9.17, 15) is 19.5 Å². The zero-order chi connectivity index (χ0) is 30.3. The quantitative estimate of drug-likeness (QED) is 0.219. The number of unbranched alkanes of at least 4 members (excludes halogenated alkanes) is 3. The Hall–Kier alpha value is -2.97. The molecule has 0 aromatic heterocycles. The van der Waals surface area contributed by atoms with Gasteiger partial charge in [0, 0.05) is 38.8 Å². The smallest absolute Gasteiger partial charge is 0.248 e. The van der Waals surface area contributed by atoms with Crippen molar-refractivity contribution in [3.05, 3.63) is 61.2 Å². The van der Waals surface area contributed by atoms with E-state index in [4.69, 9.17) is 4.74 Å². The van der Waals surface area contributed by atoms with Crippen LogP contribution in [0.5, 0.6) is 0 Å². The summed E-state index contributed by atoms with van der Waals surface area (Å²) in [5.41, 5.74) is -0.00542. The third kappa shape index (κ3) is 6.20. The van der Waals surface area contributed by atoms with Crippen LogP contribution in [-0.2, 0) is 25.7 Å². The van der Waals surface area contributed by atoms with Gasteiger partial charge in [-0.15, -0.1) is 13.2 Å². The number of carbonyl (C=O) groups excluding carboxylic acids is 3. The zero-order valence-corrected chi connectivity index (χ0v) is 25.5. The number of benzene rings is 1. The first-order valence-corrected chi connectivity index (χ1v) is 15.8. The Kier molecular flexibility index (Phi) is 11.0. The Bertz CT molecular complexity index is 1110. The topological polar surface area (TPSA) is 90.4 Å². The first kappa shape index (κ1) is 32.0. The summed E-state index contributed by atoms with van der Waals surface area (Å²) in [5, 5.41) is 9.20. The van der Waals surface area contributed by atoms with E-state index in [1.807, 2.05) is 42.2 Å². The second kappa shape index (κ2) is 14.5. The molecule has 2 bridgehead atoms. The first-order chi connectivity index (χ1) is 20.3. The normalized spacial score (nSPS) is 26.6. The van der Waals surface area contributed by atoms with E-state index in [-0.39, 0.29) is 30.4 Å². The van der Waals surface area contributed by atoms with Gasteiger partial charge < -0.3 is 24.5 Å². The summed E-state index contributed by atoms with van der Waals surface area (Å²) in [6, 6.07) is 9.04. The molecule has 0 saturated carbocycles. The van der Waals surface area contributed by atoms with Crippen LogP contribution in [0.4, 0.5) is 0 Å². The van der Waals surface area contributed by atoms with Gasteiger partial charge in [-0.05, 0) is 44.6 Å². The van der Waals surface area contributed by atoms with E-state index in [1.165, 1.54) is 0 Å². The number of rotatable bonds is 17. The van der Waals surface area contributed by atoms with E-state index in [2.05, 4.69) is 20.1 Å². The molecule has 3 heterocycles. The highest BCUT2D eigenvalue weighted by molar-refractivity contribution is 5.99. The molecule has 3 aliphatic rings. The Balaban J connectivity index is 1.67. The Morgan fingerprint density at radius 2 is 1.83 bits per heavy atom. The van der Waals surface area contributed by atoms with Crippen LogP contribution in [-0.4, -0.2) is 87.6 Å². The van der Waals surface area contributed by atoms with Gasteiger partial charge in [0.25, 0.3) is 0 Å². The molecule has 230 valence electrons. The summed E-state index contributed by atoms with van der Waals surface area (Å²) in [7, 11) is 0. The van der Waals surface area contributed by atoms with Crippen molar-refractivity contribution in [2.24, 2.45) is 11.8 Å². The average molecular weight is 580 g/mol. The van der Waals surface area contributed by atoms with Crippen LogP contribution in [0.2, 0.25) is 0 Å². The van der Waals surface area contributed by atoms with Gasteiger partial charge in [-0.25, -0.2) is 0 Å². The van der Waals surface area contributed by atoms with Crippen molar-refractivity contribution in [2.45, 2.75) is 95.5 Å². The lowest BCUT2D eigenvalue weighted by atomic mass is 9.70. The maximum absolute atomic E-state index is 14.5. The molecule has 3 amide bonds. The summed E-state index contributed by atoms with van der Waals surface area (Å²) >= 11 is 0. The van der Waals surface area contributed by atoms with E-state index >= 15 is 0 Å². The number of hydrogen-bond acceptors (Lipinski definition) is 5. The van der Waals surface area contributed by atoms with Crippen molar-refractivity contribution < 1.29 is 24.2 Å². The van der Waals surface area contributed by atoms with Gasteiger partial charge in [0.05, 0.1) is 17.9 Å². The number of nitrogens with zero attached hydrogens (tertiary/aromatic N) is 3. The van der Waals surface area contributed by atoms with Crippen LogP contribution >= 0.6 is 0 Å². The number of aliphatic hydroxyl groups is 1. The molecule has 8 nitrogen and oxygen atoms in total. The molecule has 3 fully saturated rings. The summed E-state index contributed by atoms with van der Waals surface area (Å²) < 4.78 is 6.70. The van der Waals surface area contributed by atoms with Gasteiger partial charge in [0.1, 0.15) is 11.6 Å². The van der Waals surface area contributed by atoms with Crippen LogP contribution in [0.15, 0.2) is 55.6 Å². The van der Waals surface area contributed by atoms with Crippen molar-refractivity contribution in [3.63, 3.8) is 0 Å². The highest BCUT2D eigenvalue weighted by atomic mass is 16.5. The number of ether oxygens (including phenoxy) is 1. The maximum atomic E-state index is 14.5. The number of likely N-dealkylation sites (tertiary alicyclic amines) is 1. The molecule has 8 heteroatoms. The van der Waals surface area contributed by atoms with Crippen molar-refractivity contribution >= 4 is 17.7 Å². The molecule has 42 heavy (non-hydrogen) atoms. The molecule has 6 atom stereocenters. The standard InChI is InChI=1S/C34H49N3O5/c1-5-15-25(4)36(21-7-3)33(41)30-34-19-18-27(42-34)28(29(34)32(40)37(30)22-13-8-9-14-23-38)31(39)35(20-6-2)24-26-16-11-10-12-17-26/h6-7,10-12,16-17,25,27-30,38H,2-3,5,8-9,13-15,18-24H2,1,4H3/t25?,27-,28+,29-,30?,34?/m0/s1. The van der Waals surface area contributed by atoms with E-state index in [1.54, 1.807) is 22.0 Å². The number of fused-ring (bicyclic) bond motifs is 1. The molecule has 1 aromatic carbocycles. The van der Waals surface area contributed by atoms with Crippen LogP contribution in [0.25, 0.3) is 0 Å². The number of aliphatic hydroxyl groups excluding tert-OH is 1. The van der Waals surface area contributed by atoms with Crippen molar-refractivity contribution in [3.8, 4) is 0 Å². The molecule has 1 spiro atoms. The molecule has 3 unspecified atom stereocenters. The zero-order valence-electron chi connectivity index (χ0n) is 25.5. The van der Waals surface area contributed by atoms with Crippen molar-refractivity contribution in [2.75, 3.05) is 26.2 Å². The summed E-state index contributed by atoms with van der Waals surface area (Å²) in [6.07, 6.45) is 9.22. The van der Waals surface area contributed by atoms with E-state index in [0.717, 1.165) is 37.7 Å². The highest BCUT2D eigenvalue weighted by Crippen LogP contribution is 2.59. The van der Waals surface area contributed by atoms with Crippen molar-refractivity contribution in [1.29, 1.82) is 0 Å². The maximum Gasteiger partial charge on any atom is 0.248 e. The molecule has 1 aromatic rings. The second-order valence-corrected chi connectivity index (χ2v) is 12.1. The van der Waals surface area contributed by atoms with Gasteiger partial charge in [-0.3, -0.25) is 14.4 Å². The van der Waals surface area contributed by atoms with Gasteiger partial charge in [-0.1, -0.05) is 68.7 Å². The second-order valence-electron chi connectivity index (χ2n) is 12.1. The molecule has 1 N–H and O–H groups in total. The lowest BCUT2D eigenvalue weighted by Gasteiger charge is -2.39. The fourth-order valence-electron chi connectivity index (χ4n) is 7.46. The minimum absolute atomic E-state index is 0.0116. The van der Waals surface area contributed by atoms with E-state index < -0.39 is 29.6 Å². The third-order valence-corrected chi connectivity index (χ3v) is 9.35. The lowest BCUT2D eigenvalue weighted by Crippen LogP contribution is -2.58. The van der Waals surface area contributed by atoms with Crippen LogP contribution in [0.1, 0.15) is 70.8 Å². The lowest BCUT2D eigenvalue weighted by molar-refractivity contribution is -0.150. The molecule has 0 aliphatic carbocycles. The number of amides is 3. The molecule has 0 radical (unpaired) electrons. The highest BCUT2D eigenvalue weighted by Gasteiger charge is 2.74. The monoisotopic (exact) mass is 579 g/mol. The third-order valence-electron chi connectivity index (χ3n) is 9.35. The summed E-state index contributed by atoms with van der Waals surface area (Å²) in [6.45, 7) is 13.7. The number of hydrogen-bond donors (Lipinski definition) is 1. The first-order valence-electron chi connectivity index (χ1n) is 15.8. The van der Waals surface area contributed by atoms with Crippen LogP contribution in [0.3, 0.4) is 0 Å². The molecule has 3 aliphatic heterocycles. The Morgan fingerprint density at radius 3 is 2.50 bits per heavy atom. The molecular weight excluding hydrogens is 530 g/mol. The fourth-order valence-corrected chi connectivity index (χ4v) is 7.46. The molecular formula is C34H49N3O5. The van der Waals surface area contributed by atoms with Crippen LogP contribution < -0.4 is 0 Å². The largest absolute Gasteiger partial charge is 0.396 e. The minimum atomic E-state index is -1.01.